The van der Waals surface area contributed by atoms with Crippen molar-refractivity contribution >= 4 is 15.7 Å². The Morgan fingerprint density at radius 2 is 1.90 bits per heavy atom. The van der Waals surface area contributed by atoms with E-state index in [4.69, 9.17) is 14.2 Å². The van der Waals surface area contributed by atoms with Gasteiger partial charge in [0.25, 0.3) is 0 Å². The first-order chi connectivity index (χ1) is 13.9. The summed E-state index contributed by atoms with van der Waals surface area (Å²) < 4.78 is 43.1. The molecule has 0 spiro atoms. The number of hydrogen-bond donors (Lipinski definition) is 2. The molecule has 2 aromatic rings. The maximum absolute atomic E-state index is 11.5. The van der Waals surface area contributed by atoms with Gasteiger partial charge in [0.2, 0.25) is 10.0 Å². The van der Waals surface area contributed by atoms with Gasteiger partial charge in [-0.2, -0.15) is 0 Å². The number of phenols is 1. The summed E-state index contributed by atoms with van der Waals surface area (Å²) in [7, 11) is -1.94. The van der Waals surface area contributed by atoms with Crippen LogP contribution in [0.5, 0.6) is 23.0 Å². The molecule has 2 aromatic carbocycles. The molecule has 0 radical (unpaired) electrons. The molecule has 1 aliphatic heterocycles. The maximum Gasteiger partial charge on any atom is 0.229 e. The summed E-state index contributed by atoms with van der Waals surface area (Å²) in [6.07, 6.45) is 2.62. The van der Waals surface area contributed by atoms with Gasteiger partial charge in [-0.25, -0.2) is 8.42 Å². The molecule has 30 heavy (non-hydrogen) atoms. The van der Waals surface area contributed by atoms with Gasteiger partial charge in [0.05, 0.1) is 19.1 Å². The van der Waals surface area contributed by atoms with E-state index >= 15 is 0 Å². The lowest BCUT2D eigenvalue weighted by Crippen LogP contribution is -2.42. The quantitative estimate of drug-likeness (QED) is 0.716. The number of nitrogens with one attached hydrogen (secondary N) is 1. The highest BCUT2D eigenvalue weighted by molar-refractivity contribution is 7.92. The number of benzene rings is 2. The standard InChI is InChI=1S/C22H29NO6S/c1-13-14(2)21-17(15(3)20(13)24)9-10-22(4,29-21)12-28-16-7-8-18(19(11-16)27-5)23-30(6,25)26/h7-8,11,23-24H,9-10,12H2,1-6H3. The fraction of sp³-hybridized carbons (Fsp3) is 0.455. The number of methoxy groups -OCH3 is 1. The van der Waals surface area contributed by atoms with Crippen molar-refractivity contribution in [2.45, 2.75) is 46.1 Å². The number of phenolic OH excluding ortho intramolecular Hbond substituents is 1. The molecule has 0 aromatic heterocycles. The molecule has 1 aliphatic rings. The van der Waals surface area contributed by atoms with E-state index in [1.807, 2.05) is 27.7 Å². The lowest BCUT2D eigenvalue weighted by molar-refractivity contribution is 0.0166. The van der Waals surface area contributed by atoms with Crippen LogP contribution in [-0.4, -0.2) is 39.1 Å². The summed E-state index contributed by atoms with van der Waals surface area (Å²) in [5.41, 5.74) is 3.50. The summed E-state index contributed by atoms with van der Waals surface area (Å²) in [6.45, 7) is 8.08. The van der Waals surface area contributed by atoms with Crippen molar-refractivity contribution < 1.29 is 27.7 Å². The zero-order chi connectivity index (χ0) is 22.3. The van der Waals surface area contributed by atoms with Crippen molar-refractivity contribution in [2.24, 2.45) is 0 Å². The Labute approximate surface area is 178 Å². The number of aromatic hydroxyl groups is 1. The van der Waals surface area contributed by atoms with E-state index in [2.05, 4.69) is 4.72 Å². The van der Waals surface area contributed by atoms with Gasteiger partial charge in [0, 0.05) is 11.6 Å². The van der Waals surface area contributed by atoms with Gasteiger partial charge >= 0.3 is 0 Å². The van der Waals surface area contributed by atoms with Crippen LogP contribution in [0.2, 0.25) is 0 Å². The minimum atomic E-state index is -3.41. The largest absolute Gasteiger partial charge is 0.507 e. The van der Waals surface area contributed by atoms with Crippen molar-refractivity contribution in [2.75, 3.05) is 24.7 Å². The lowest BCUT2D eigenvalue weighted by atomic mass is 9.87. The fourth-order valence-corrected chi connectivity index (χ4v) is 4.25. The smallest absolute Gasteiger partial charge is 0.229 e. The SMILES string of the molecule is COc1cc(OCC2(C)CCc3c(C)c(O)c(C)c(C)c3O2)ccc1NS(C)(=O)=O. The topological polar surface area (TPSA) is 94.1 Å². The van der Waals surface area contributed by atoms with Gasteiger partial charge in [-0.3, -0.25) is 4.72 Å². The Hall–Kier alpha value is -2.61. The van der Waals surface area contributed by atoms with Crippen LogP contribution in [0.25, 0.3) is 0 Å². The maximum atomic E-state index is 11.5. The average Bonchev–Trinajstić information content (AvgIpc) is 2.68. The third-order valence-corrected chi connectivity index (χ3v) is 6.20. The summed E-state index contributed by atoms with van der Waals surface area (Å²) in [6, 6.07) is 4.94. The van der Waals surface area contributed by atoms with Crippen LogP contribution < -0.4 is 18.9 Å². The second-order valence-corrected chi connectivity index (χ2v) is 9.86. The minimum absolute atomic E-state index is 0.312. The zero-order valence-electron chi connectivity index (χ0n) is 18.3. The Balaban J connectivity index is 1.78. The molecule has 7 nitrogen and oxygen atoms in total. The van der Waals surface area contributed by atoms with Gasteiger partial charge in [0.15, 0.2) is 0 Å². The van der Waals surface area contributed by atoms with Crippen molar-refractivity contribution in [3.8, 4) is 23.0 Å². The highest BCUT2D eigenvalue weighted by Gasteiger charge is 2.35. The molecule has 1 atom stereocenters. The predicted octanol–water partition coefficient (Wildman–Crippen LogP) is 3.86. The van der Waals surface area contributed by atoms with Gasteiger partial charge in [-0.1, -0.05) is 0 Å². The Morgan fingerprint density at radius 1 is 1.20 bits per heavy atom. The van der Waals surface area contributed by atoms with Crippen LogP contribution in [0, 0.1) is 20.8 Å². The number of hydrogen-bond acceptors (Lipinski definition) is 6. The van der Waals surface area contributed by atoms with Crippen LogP contribution >= 0.6 is 0 Å². The first kappa shape index (κ1) is 22.1. The molecule has 0 bridgehead atoms. The average molecular weight is 436 g/mol. The van der Waals surface area contributed by atoms with Crippen molar-refractivity contribution in [3.63, 3.8) is 0 Å². The van der Waals surface area contributed by atoms with E-state index in [1.165, 1.54) is 7.11 Å². The normalized spacial score (nSPS) is 18.3. The molecular weight excluding hydrogens is 406 g/mol. The fourth-order valence-electron chi connectivity index (χ4n) is 3.68. The Kier molecular flexibility index (Phi) is 5.82. The monoisotopic (exact) mass is 435 g/mol. The molecular formula is C22H29NO6S. The molecule has 3 rings (SSSR count). The molecule has 0 fully saturated rings. The number of fused-ring (bicyclic) bond motifs is 1. The summed E-state index contributed by atoms with van der Waals surface area (Å²) >= 11 is 0. The van der Waals surface area contributed by atoms with E-state index in [1.54, 1.807) is 18.2 Å². The number of rotatable bonds is 6. The van der Waals surface area contributed by atoms with Gasteiger partial charge < -0.3 is 19.3 Å². The molecule has 0 amide bonds. The minimum Gasteiger partial charge on any atom is -0.507 e. The van der Waals surface area contributed by atoms with E-state index < -0.39 is 15.6 Å². The van der Waals surface area contributed by atoms with Gasteiger partial charge in [-0.15, -0.1) is 0 Å². The van der Waals surface area contributed by atoms with E-state index in [0.717, 1.165) is 47.1 Å². The van der Waals surface area contributed by atoms with Crippen LogP contribution in [0.3, 0.4) is 0 Å². The molecule has 1 heterocycles. The second kappa shape index (κ2) is 7.91. The number of ether oxygens (including phenoxy) is 3. The zero-order valence-corrected chi connectivity index (χ0v) is 19.1. The highest BCUT2D eigenvalue weighted by Crippen LogP contribution is 2.43. The summed E-state index contributed by atoms with van der Waals surface area (Å²) in [4.78, 5) is 0. The van der Waals surface area contributed by atoms with E-state index in [0.29, 0.717) is 29.5 Å². The lowest BCUT2D eigenvalue weighted by Gasteiger charge is -2.37. The molecule has 0 aliphatic carbocycles. The summed E-state index contributed by atoms with van der Waals surface area (Å²) in [5, 5.41) is 10.3. The summed E-state index contributed by atoms with van der Waals surface area (Å²) in [5.74, 6) is 2.09. The predicted molar refractivity (Wildman–Crippen MR) is 117 cm³/mol. The van der Waals surface area contributed by atoms with Gasteiger partial charge in [-0.05, 0) is 69.4 Å². The van der Waals surface area contributed by atoms with Crippen molar-refractivity contribution in [1.82, 2.24) is 0 Å². The highest BCUT2D eigenvalue weighted by atomic mass is 32.2. The third kappa shape index (κ3) is 4.43. The Morgan fingerprint density at radius 3 is 2.53 bits per heavy atom. The molecule has 8 heteroatoms. The van der Waals surface area contributed by atoms with E-state index in [9.17, 15) is 13.5 Å². The second-order valence-electron chi connectivity index (χ2n) is 8.11. The van der Waals surface area contributed by atoms with Crippen LogP contribution in [0.15, 0.2) is 18.2 Å². The number of sulfonamides is 1. The molecule has 0 saturated carbocycles. The van der Waals surface area contributed by atoms with Crippen LogP contribution in [0.4, 0.5) is 5.69 Å². The van der Waals surface area contributed by atoms with E-state index in [-0.39, 0.29) is 0 Å². The molecule has 0 saturated heterocycles. The first-order valence-electron chi connectivity index (χ1n) is 9.73. The van der Waals surface area contributed by atoms with Gasteiger partial charge in [0.1, 0.15) is 35.2 Å². The molecule has 164 valence electrons. The van der Waals surface area contributed by atoms with Crippen LogP contribution in [-0.2, 0) is 16.4 Å². The molecule has 1 unspecified atom stereocenters. The van der Waals surface area contributed by atoms with Crippen molar-refractivity contribution in [1.29, 1.82) is 0 Å². The number of anilines is 1. The first-order valence-corrected chi connectivity index (χ1v) is 11.6. The molecule has 2 N–H and O–H groups in total. The third-order valence-electron chi connectivity index (χ3n) is 5.61. The Bertz CT molecular complexity index is 1080. The van der Waals surface area contributed by atoms with Crippen LogP contribution in [0.1, 0.15) is 35.6 Å². The van der Waals surface area contributed by atoms with Crippen molar-refractivity contribution in [3.05, 3.63) is 40.5 Å².